The van der Waals surface area contributed by atoms with E-state index in [0.29, 0.717) is 24.7 Å². The van der Waals surface area contributed by atoms with Crippen molar-refractivity contribution >= 4 is 5.91 Å². The summed E-state index contributed by atoms with van der Waals surface area (Å²) in [4.78, 5) is 12.1. The normalized spacial score (nSPS) is 11.0. The van der Waals surface area contributed by atoms with Crippen LogP contribution in [-0.2, 0) is 16.6 Å². The fourth-order valence-corrected chi connectivity index (χ4v) is 2.65. The highest BCUT2D eigenvalue weighted by Crippen LogP contribution is 2.27. The van der Waals surface area contributed by atoms with Crippen molar-refractivity contribution in [1.82, 2.24) is 5.32 Å². The van der Waals surface area contributed by atoms with Gasteiger partial charge in [-0.05, 0) is 40.8 Å². The molecule has 0 radical (unpaired) electrons. The zero-order chi connectivity index (χ0) is 19.9. The van der Waals surface area contributed by atoms with Gasteiger partial charge in [0.05, 0.1) is 27.2 Å². The second-order valence-electron chi connectivity index (χ2n) is 7.34. The van der Waals surface area contributed by atoms with Crippen LogP contribution in [0.2, 0.25) is 0 Å². The van der Waals surface area contributed by atoms with Gasteiger partial charge in [-0.2, -0.15) is 0 Å². The first-order valence-electron chi connectivity index (χ1n) is 9.04. The quantitative estimate of drug-likeness (QED) is 0.718. The molecule has 0 saturated heterocycles. The van der Waals surface area contributed by atoms with Crippen LogP contribution >= 0.6 is 0 Å². The Morgan fingerprint density at radius 2 is 1.63 bits per heavy atom. The Bertz CT molecular complexity index is 748. The fraction of sp³-hybridized carbons (Fsp3) is 0.409. The number of nitrogens with one attached hydrogen (secondary N) is 1. The highest BCUT2D eigenvalue weighted by molar-refractivity contribution is 5.78. The van der Waals surface area contributed by atoms with Gasteiger partial charge in [-0.3, -0.25) is 4.79 Å². The molecule has 0 aliphatic rings. The van der Waals surface area contributed by atoms with Crippen molar-refractivity contribution in [2.45, 2.75) is 32.6 Å². The predicted octanol–water partition coefficient (Wildman–Crippen LogP) is 3.74. The van der Waals surface area contributed by atoms with Gasteiger partial charge in [0.1, 0.15) is 12.4 Å². The summed E-state index contributed by atoms with van der Waals surface area (Å²) in [5.41, 5.74) is 2.25. The molecule has 27 heavy (non-hydrogen) atoms. The third-order valence-electron chi connectivity index (χ3n) is 4.23. The van der Waals surface area contributed by atoms with Crippen LogP contribution in [0.15, 0.2) is 42.5 Å². The van der Waals surface area contributed by atoms with Gasteiger partial charge < -0.3 is 19.5 Å². The van der Waals surface area contributed by atoms with Crippen molar-refractivity contribution in [3.8, 4) is 17.2 Å². The van der Waals surface area contributed by atoms with E-state index in [0.717, 1.165) is 11.3 Å². The van der Waals surface area contributed by atoms with E-state index in [-0.39, 0.29) is 17.7 Å². The summed E-state index contributed by atoms with van der Waals surface area (Å²) < 4.78 is 16.1. The molecule has 0 aliphatic carbocycles. The van der Waals surface area contributed by atoms with E-state index in [1.54, 1.807) is 20.3 Å². The summed E-state index contributed by atoms with van der Waals surface area (Å²) in [6, 6.07) is 13.5. The third kappa shape index (κ3) is 6.20. The summed E-state index contributed by atoms with van der Waals surface area (Å²) >= 11 is 0. The van der Waals surface area contributed by atoms with E-state index in [4.69, 9.17) is 14.2 Å². The summed E-state index contributed by atoms with van der Waals surface area (Å²) in [5.74, 6) is 2.00. The standard InChI is InChI=1S/C22H29NO4/c1-22(2,3)17-7-9-18(10-8-17)27-13-12-23-21(24)15-16-6-11-19(25-4)20(14-16)26-5/h6-11,14H,12-13,15H2,1-5H3,(H,23,24). The fourth-order valence-electron chi connectivity index (χ4n) is 2.65. The molecule has 5 nitrogen and oxygen atoms in total. The molecular weight excluding hydrogens is 342 g/mol. The first kappa shape index (κ1) is 20.6. The Hall–Kier alpha value is -2.69. The van der Waals surface area contributed by atoms with Gasteiger partial charge in [0.15, 0.2) is 11.5 Å². The summed E-state index contributed by atoms with van der Waals surface area (Å²) in [7, 11) is 3.16. The molecule has 0 unspecified atom stereocenters. The molecule has 0 heterocycles. The van der Waals surface area contributed by atoms with Crippen LogP contribution in [-0.4, -0.2) is 33.3 Å². The number of hydrogen-bond donors (Lipinski definition) is 1. The van der Waals surface area contributed by atoms with E-state index in [1.807, 2.05) is 24.3 Å². The SMILES string of the molecule is COc1ccc(CC(=O)NCCOc2ccc(C(C)(C)C)cc2)cc1OC. The molecule has 2 rings (SSSR count). The molecule has 0 atom stereocenters. The molecule has 0 saturated carbocycles. The van der Waals surface area contributed by atoms with E-state index < -0.39 is 0 Å². The lowest BCUT2D eigenvalue weighted by atomic mass is 9.87. The lowest BCUT2D eigenvalue weighted by molar-refractivity contribution is -0.120. The predicted molar refractivity (Wildman–Crippen MR) is 107 cm³/mol. The highest BCUT2D eigenvalue weighted by atomic mass is 16.5. The first-order valence-corrected chi connectivity index (χ1v) is 9.04. The van der Waals surface area contributed by atoms with Gasteiger partial charge in [0.25, 0.3) is 0 Å². The molecule has 0 bridgehead atoms. The minimum absolute atomic E-state index is 0.0612. The first-order chi connectivity index (χ1) is 12.8. The largest absolute Gasteiger partial charge is 0.493 e. The molecule has 0 fully saturated rings. The summed E-state index contributed by atoms with van der Waals surface area (Å²) in [6.45, 7) is 7.41. The van der Waals surface area contributed by atoms with Crippen molar-refractivity contribution in [3.05, 3.63) is 53.6 Å². The van der Waals surface area contributed by atoms with Crippen LogP contribution in [0.4, 0.5) is 0 Å². The van der Waals surface area contributed by atoms with Crippen LogP contribution in [0.3, 0.4) is 0 Å². The molecule has 146 valence electrons. The minimum atomic E-state index is -0.0612. The van der Waals surface area contributed by atoms with Crippen LogP contribution in [0.1, 0.15) is 31.9 Å². The van der Waals surface area contributed by atoms with Crippen molar-refractivity contribution in [2.75, 3.05) is 27.4 Å². The average Bonchev–Trinajstić information content (AvgIpc) is 2.64. The van der Waals surface area contributed by atoms with E-state index in [2.05, 4.69) is 38.2 Å². The van der Waals surface area contributed by atoms with Gasteiger partial charge in [0, 0.05) is 0 Å². The van der Waals surface area contributed by atoms with Gasteiger partial charge in [-0.15, -0.1) is 0 Å². The van der Waals surface area contributed by atoms with Crippen molar-refractivity contribution < 1.29 is 19.0 Å². The van der Waals surface area contributed by atoms with Crippen molar-refractivity contribution in [3.63, 3.8) is 0 Å². The van der Waals surface area contributed by atoms with Gasteiger partial charge >= 0.3 is 0 Å². The summed E-state index contributed by atoms with van der Waals surface area (Å²) in [5, 5.41) is 2.87. The number of hydrogen-bond acceptors (Lipinski definition) is 4. The van der Waals surface area contributed by atoms with E-state index in [1.165, 1.54) is 5.56 Å². The highest BCUT2D eigenvalue weighted by Gasteiger charge is 2.13. The average molecular weight is 371 g/mol. The second kappa shape index (κ2) is 9.31. The van der Waals surface area contributed by atoms with E-state index >= 15 is 0 Å². The van der Waals surface area contributed by atoms with Crippen molar-refractivity contribution in [2.24, 2.45) is 0 Å². The number of benzene rings is 2. The maximum absolute atomic E-state index is 12.1. The zero-order valence-electron chi connectivity index (χ0n) is 16.8. The number of amides is 1. The number of ether oxygens (including phenoxy) is 3. The summed E-state index contributed by atoms with van der Waals surface area (Å²) in [6.07, 6.45) is 0.278. The number of rotatable bonds is 8. The van der Waals surface area contributed by atoms with Gasteiger partial charge in [0.2, 0.25) is 5.91 Å². The molecule has 0 aromatic heterocycles. The Balaban J connectivity index is 1.76. The maximum Gasteiger partial charge on any atom is 0.224 e. The van der Waals surface area contributed by atoms with Crippen LogP contribution in [0.25, 0.3) is 0 Å². The zero-order valence-corrected chi connectivity index (χ0v) is 16.8. The van der Waals surface area contributed by atoms with Crippen LogP contribution in [0.5, 0.6) is 17.2 Å². The lowest BCUT2D eigenvalue weighted by Gasteiger charge is -2.19. The molecule has 1 N–H and O–H groups in total. The Morgan fingerprint density at radius 3 is 2.22 bits per heavy atom. The van der Waals surface area contributed by atoms with Crippen LogP contribution < -0.4 is 19.5 Å². The van der Waals surface area contributed by atoms with Crippen LogP contribution in [0, 0.1) is 0 Å². The topological polar surface area (TPSA) is 56.8 Å². The second-order valence-corrected chi connectivity index (χ2v) is 7.34. The monoisotopic (exact) mass is 371 g/mol. The van der Waals surface area contributed by atoms with E-state index in [9.17, 15) is 4.79 Å². The molecular formula is C22H29NO4. The Kier molecular flexibility index (Phi) is 7.11. The molecule has 2 aromatic carbocycles. The number of carbonyl (C=O) groups excluding carboxylic acids is 1. The Morgan fingerprint density at radius 1 is 0.963 bits per heavy atom. The molecule has 2 aromatic rings. The molecule has 1 amide bonds. The maximum atomic E-state index is 12.1. The van der Waals surface area contributed by atoms with Gasteiger partial charge in [-0.25, -0.2) is 0 Å². The number of carbonyl (C=O) groups is 1. The van der Waals surface area contributed by atoms with Crippen molar-refractivity contribution in [1.29, 1.82) is 0 Å². The molecule has 0 aliphatic heterocycles. The Labute approximate surface area is 161 Å². The molecule has 5 heteroatoms. The number of methoxy groups -OCH3 is 2. The third-order valence-corrected chi connectivity index (χ3v) is 4.23. The minimum Gasteiger partial charge on any atom is -0.493 e. The lowest BCUT2D eigenvalue weighted by Crippen LogP contribution is -2.29. The smallest absolute Gasteiger partial charge is 0.224 e. The molecule has 0 spiro atoms. The van der Waals surface area contributed by atoms with Gasteiger partial charge in [-0.1, -0.05) is 39.0 Å².